The fourth-order valence-corrected chi connectivity index (χ4v) is 3.79. The van der Waals surface area contributed by atoms with E-state index in [-0.39, 0.29) is 11.2 Å². The van der Waals surface area contributed by atoms with Crippen LogP contribution in [-0.4, -0.2) is 17.7 Å². The molecule has 26 heavy (non-hydrogen) atoms. The molecule has 0 aliphatic heterocycles. The van der Waals surface area contributed by atoms with Crippen molar-refractivity contribution in [3.05, 3.63) is 64.7 Å². The fourth-order valence-electron chi connectivity index (χ4n) is 2.69. The van der Waals surface area contributed by atoms with E-state index in [4.69, 9.17) is 11.6 Å². The van der Waals surface area contributed by atoms with Crippen molar-refractivity contribution in [3.63, 3.8) is 0 Å². The van der Waals surface area contributed by atoms with E-state index in [1.54, 1.807) is 11.8 Å². The predicted octanol–water partition coefficient (Wildman–Crippen LogP) is 6.08. The Hall–Kier alpha value is -1.45. The summed E-state index contributed by atoms with van der Waals surface area (Å²) in [6.07, 6.45) is 2.74. The van der Waals surface area contributed by atoms with Gasteiger partial charge in [-0.05, 0) is 60.6 Å². The molecule has 0 spiro atoms. The number of benzene rings is 2. The average Bonchev–Trinajstić information content (AvgIpc) is 2.65. The van der Waals surface area contributed by atoms with Gasteiger partial charge >= 0.3 is 0 Å². The summed E-state index contributed by atoms with van der Waals surface area (Å²) in [6, 6.07) is 16.4. The van der Waals surface area contributed by atoms with Crippen LogP contribution in [-0.2, 0) is 11.2 Å². The number of carbonyl (C=O) groups excluding carboxylic acids is 1. The maximum atomic E-state index is 12.4. The van der Waals surface area contributed by atoms with Gasteiger partial charge in [0.2, 0.25) is 5.91 Å². The van der Waals surface area contributed by atoms with E-state index >= 15 is 0 Å². The minimum atomic E-state index is -0.0681. The van der Waals surface area contributed by atoms with Crippen LogP contribution in [0.3, 0.4) is 0 Å². The molecule has 1 atom stereocenters. The van der Waals surface area contributed by atoms with Crippen molar-refractivity contribution >= 4 is 29.3 Å². The van der Waals surface area contributed by atoms with Crippen LogP contribution < -0.4 is 5.32 Å². The lowest BCUT2D eigenvalue weighted by atomic mass is 10.0. The van der Waals surface area contributed by atoms with Gasteiger partial charge in [0.25, 0.3) is 0 Å². The van der Waals surface area contributed by atoms with Gasteiger partial charge in [-0.3, -0.25) is 4.79 Å². The molecule has 0 bridgehead atoms. The Morgan fingerprint density at radius 3 is 2.31 bits per heavy atom. The monoisotopic (exact) mass is 389 g/mol. The molecule has 2 nitrogen and oxygen atoms in total. The van der Waals surface area contributed by atoms with Gasteiger partial charge < -0.3 is 5.32 Å². The second-order valence-electron chi connectivity index (χ2n) is 6.76. The molecule has 2 aromatic carbocycles. The van der Waals surface area contributed by atoms with Crippen molar-refractivity contribution in [2.75, 3.05) is 6.54 Å². The Morgan fingerprint density at radius 1 is 1.08 bits per heavy atom. The molecule has 0 saturated heterocycles. The number of hydrogen-bond acceptors (Lipinski definition) is 2. The van der Waals surface area contributed by atoms with Crippen LogP contribution in [0.15, 0.2) is 53.4 Å². The van der Waals surface area contributed by atoms with E-state index in [1.807, 2.05) is 31.2 Å². The molecule has 0 aliphatic carbocycles. The van der Waals surface area contributed by atoms with Crippen molar-refractivity contribution in [1.82, 2.24) is 5.32 Å². The third-order valence-corrected chi connectivity index (χ3v) is 5.97. The van der Waals surface area contributed by atoms with E-state index in [0.717, 1.165) is 24.2 Å². The van der Waals surface area contributed by atoms with Gasteiger partial charge in [0, 0.05) is 16.5 Å². The molecule has 0 aromatic heterocycles. The predicted molar refractivity (Wildman–Crippen MR) is 113 cm³/mol. The van der Waals surface area contributed by atoms with Crippen LogP contribution in [0.25, 0.3) is 0 Å². The van der Waals surface area contributed by atoms with Gasteiger partial charge in [-0.25, -0.2) is 0 Å². The lowest BCUT2D eigenvalue weighted by Gasteiger charge is -2.15. The molecule has 2 rings (SSSR count). The van der Waals surface area contributed by atoms with Gasteiger partial charge in [0.15, 0.2) is 0 Å². The Balaban J connectivity index is 1.75. The van der Waals surface area contributed by atoms with Crippen molar-refractivity contribution in [2.24, 2.45) is 0 Å². The van der Waals surface area contributed by atoms with Gasteiger partial charge in [0.05, 0.1) is 5.25 Å². The molecule has 2 aromatic rings. The molecule has 4 heteroatoms. The third kappa shape index (κ3) is 6.69. The summed E-state index contributed by atoms with van der Waals surface area (Å²) in [5.41, 5.74) is 2.69. The summed E-state index contributed by atoms with van der Waals surface area (Å²) in [5, 5.41) is 3.73. The first-order chi connectivity index (χ1) is 12.5. The number of amides is 1. The lowest BCUT2D eigenvalue weighted by Crippen LogP contribution is -2.33. The third-order valence-electron chi connectivity index (χ3n) is 4.34. The molecule has 0 fully saturated rings. The molecule has 1 amide bonds. The van der Waals surface area contributed by atoms with Crippen molar-refractivity contribution in [1.29, 1.82) is 0 Å². The second kappa shape index (κ2) is 10.6. The Kier molecular flexibility index (Phi) is 8.53. The molecule has 140 valence electrons. The summed E-state index contributed by atoms with van der Waals surface area (Å²) in [5.74, 6) is 0.676. The van der Waals surface area contributed by atoms with Crippen molar-refractivity contribution < 1.29 is 4.79 Å². The quantitative estimate of drug-likeness (QED) is 0.415. The summed E-state index contributed by atoms with van der Waals surface area (Å²) in [6.45, 7) is 7.17. The van der Waals surface area contributed by atoms with Crippen LogP contribution in [0.4, 0.5) is 0 Å². The molecule has 0 saturated carbocycles. The van der Waals surface area contributed by atoms with Gasteiger partial charge in [-0.2, -0.15) is 0 Å². The smallest absolute Gasteiger partial charge is 0.233 e. The zero-order valence-electron chi connectivity index (χ0n) is 15.8. The van der Waals surface area contributed by atoms with E-state index in [9.17, 15) is 4.79 Å². The lowest BCUT2D eigenvalue weighted by molar-refractivity contribution is -0.120. The Bertz CT molecular complexity index is 682. The number of hydrogen-bond donors (Lipinski definition) is 1. The molecule has 0 aliphatic rings. The first-order valence-corrected chi connectivity index (χ1v) is 10.5. The van der Waals surface area contributed by atoms with Crippen LogP contribution in [0.1, 0.15) is 50.7 Å². The van der Waals surface area contributed by atoms with Crippen LogP contribution in [0.5, 0.6) is 0 Å². The normalized spacial score (nSPS) is 12.2. The molecular weight excluding hydrogens is 362 g/mol. The first kappa shape index (κ1) is 20.9. The summed E-state index contributed by atoms with van der Waals surface area (Å²) < 4.78 is 0. The number of thioether (sulfide) groups is 1. The highest BCUT2D eigenvalue weighted by atomic mass is 35.5. The highest BCUT2D eigenvalue weighted by molar-refractivity contribution is 8.00. The first-order valence-electron chi connectivity index (χ1n) is 9.28. The number of aryl methyl sites for hydroxylation is 1. The fraction of sp³-hybridized carbons (Fsp3) is 0.409. The molecular formula is C22H28ClNOS. The van der Waals surface area contributed by atoms with Gasteiger partial charge in [-0.15, -0.1) is 11.8 Å². The maximum Gasteiger partial charge on any atom is 0.233 e. The zero-order chi connectivity index (χ0) is 18.9. The Morgan fingerprint density at radius 2 is 1.73 bits per heavy atom. The van der Waals surface area contributed by atoms with Gasteiger partial charge in [-0.1, -0.05) is 56.6 Å². The zero-order valence-corrected chi connectivity index (χ0v) is 17.4. The largest absolute Gasteiger partial charge is 0.355 e. The average molecular weight is 390 g/mol. The summed E-state index contributed by atoms with van der Waals surface area (Å²) >= 11 is 7.51. The minimum Gasteiger partial charge on any atom is -0.355 e. The topological polar surface area (TPSA) is 29.1 Å². The number of carbonyl (C=O) groups is 1. The minimum absolute atomic E-state index is 0.0681. The van der Waals surface area contributed by atoms with E-state index in [1.165, 1.54) is 11.1 Å². The van der Waals surface area contributed by atoms with E-state index < -0.39 is 0 Å². The molecule has 0 radical (unpaired) electrons. The van der Waals surface area contributed by atoms with Crippen molar-refractivity contribution in [2.45, 2.75) is 56.1 Å². The SMILES string of the molecule is CCC(Sc1ccc(Cl)cc1)C(=O)NCCCc1ccc(C(C)C)cc1. The van der Waals surface area contributed by atoms with Crippen LogP contribution in [0.2, 0.25) is 5.02 Å². The van der Waals surface area contributed by atoms with Crippen molar-refractivity contribution in [3.8, 4) is 0 Å². The molecule has 1 N–H and O–H groups in total. The van der Waals surface area contributed by atoms with Crippen LogP contribution in [0, 0.1) is 0 Å². The summed E-state index contributed by atoms with van der Waals surface area (Å²) in [4.78, 5) is 13.5. The maximum absolute atomic E-state index is 12.4. The molecule has 0 heterocycles. The number of halogens is 1. The Labute approximate surface area is 166 Å². The number of rotatable bonds is 9. The van der Waals surface area contributed by atoms with E-state index in [2.05, 4.69) is 43.4 Å². The highest BCUT2D eigenvalue weighted by Gasteiger charge is 2.17. The van der Waals surface area contributed by atoms with Crippen LogP contribution >= 0.6 is 23.4 Å². The second-order valence-corrected chi connectivity index (χ2v) is 8.47. The van der Waals surface area contributed by atoms with E-state index in [0.29, 0.717) is 17.5 Å². The molecule has 1 unspecified atom stereocenters. The standard InChI is InChI=1S/C22H28ClNOS/c1-4-21(26-20-13-11-19(23)12-14-20)22(25)24-15-5-6-17-7-9-18(10-8-17)16(2)3/h7-14,16,21H,4-6,15H2,1-3H3,(H,24,25). The summed E-state index contributed by atoms with van der Waals surface area (Å²) in [7, 11) is 0. The highest BCUT2D eigenvalue weighted by Crippen LogP contribution is 2.26. The number of nitrogens with one attached hydrogen (secondary N) is 1. The van der Waals surface area contributed by atoms with Gasteiger partial charge in [0.1, 0.15) is 0 Å².